The Morgan fingerprint density at radius 2 is 1.83 bits per heavy atom. The Balaban J connectivity index is 1.85. The average molecular weight is 347 g/mol. The molecule has 0 saturated heterocycles. The normalized spacial score (nSPS) is 11.6. The average Bonchev–Trinajstić information content (AvgIpc) is 2.59. The second-order valence-corrected chi connectivity index (χ2v) is 5.79. The number of methoxy groups -OCH3 is 1. The molecule has 0 aromatic heterocycles. The summed E-state index contributed by atoms with van der Waals surface area (Å²) >= 11 is 5.87. The first-order valence-electron chi connectivity index (χ1n) is 7.62. The molecule has 0 aliphatic carbocycles. The number of Topliss-reactive ketones (excluding diaryl/α,β-unsaturated/α-hetero) is 1. The van der Waals surface area contributed by atoms with Crippen LogP contribution >= 0.6 is 11.6 Å². The van der Waals surface area contributed by atoms with E-state index in [0.717, 1.165) is 11.3 Å². The number of rotatable bonds is 7. The fraction of sp³-hybridized carbons (Fsp3) is 0.263. The Labute approximate surface area is 146 Å². The quantitative estimate of drug-likeness (QED) is 0.559. The maximum atomic E-state index is 12.2. The summed E-state index contributed by atoms with van der Waals surface area (Å²) in [6.45, 7) is 1.56. The van der Waals surface area contributed by atoms with Crippen LogP contribution in [0, 0.1) is 0 Å². The number of hydrogen-bond donors (Lipinski definition) is 0. The van der Waals surface area contributed by atoms with Crippen LogP contribution in [0.2, 0.25) is 5.02 Å². The van der Waals surface area contributed by atoms with Gasteiger partial charge in [0.2, 0.25) is 5.78 Å². The molecule has 0 saturated carbocycles. The monoisotopic (exact) mass is 346 g/mol. The summed E-state index contributed by atoms with van der Waals surface area (Å²) in [6, 6.07) is 14.1. The molecule has 4 nitrogen and oxygen atoms in total. The molecule has 0 bridgehead atoms. The highest BCUT2D eigenvalue weighted by Gasteiger charge is 2.19. The number of carbonyl (C=O) groups excluding carboxylic acids is 2. The lowest BCUT2D eigenvalue weighted by Gasteiger charge is -2.12. The molecule has 0 heterocycles. The van der Waals surface area contributed by atoms with Crippen LogP contribution in [0.5, 0.6) is 5.75 Å². The molecule has 1 atom stereocenters. The zero-order valence-corrected chi connectivity index (χ0v) is 14.4. The number of ether oxygens (including phenoxy) is 2. The summed E-state index contributed by atoms with van der Waals surface area (Å²) in [5.41, 5.74) is 1.43. The second kappa shape index (κ2) is 8.50. The van der Waals surface area contributed by atoms with E-state index in [9.17, 15) is 9.59 Å². The maximum Gasteiger partial charge on any atom is 0.306 e. The van der Waals surface area contributed by atoms with Crippen molar-refractivity contribution in [3.8, 4) is 5.75 Å². The Kier molecular flexibility index (Phi) is 6.38. The molecule has 126 valence electrons. The number of halogens is 1. The van der Waals surface area contributed by atoms with Crippen molar-refractivity contribution in [3.05, 3.63) is 64.7 Å². The van der Waals surface area contributed by atoms with E-state index >= 15 is 0 Å². The van der Waals surface area contributed by atoms with Gasteiger partial charge in [0.25, 0.3) is 0 Å². The van der Waals surface area contributed by atoms with Crippen LogP contribution in [0.25, 0.3) is 0 Å². The van der Waals surface area contributed by atoms with Gasteiger partial charge < -0.3 is 9.47 Å². The summed E-state index contributed by atoms with van der Waals surface area (Å²) in [7, 11) is 1.60. The summed E-state index contributed by atoms with van der Waals surface area (Å²) in [5, 5.41) is 0.471. The highest BCUT2D eigenvalue weighted by molar-refractivity contribution is 6.31. The topological polar surface area (TPSA) is 52.6 Å². The van der Waals surface area contributed by atoms with E-state index in [-0.39, 0.29) is 12.2 Å². The largest absolute Gasteiger partial charge is 0.497 e. The third kappa shape index (κ3) is 5.10. The van der Waals surface area contributed by atoms with E-state index < -0.39 is 12.1 Å². The number of ketones is 1. The summed E-state index contributed by atoms with van der Waals surface area (Å²) in [6.07, 6.45) is -0.0905. The molecule has 2 aromatic carbocycles. The van der Waals surface area contributed by atoms with Gasteiger partial charge in [0.15, 0.2) is 6.10 Å². The highest BCUT2D eigenvalue weighted by atomic mass is 35.5. The summed E-state index contributed by atoms with van der Waals surface area (Å²) in [5.74, 6) is 0.0889. The van der Waals surface area contributed by atoms with Crippen LogP contribution in [0.3, 0.4) is 0 Å². The molecule has 0 radical (unpaired) electrons. The van der Waals surface area contributed by atoms with Crippen molar-refractivity contribution in [2.75, 3.05) is 7.11 Å². The number of aryl methyl sites for hydroxylation is 1. The Morgan fingerprint density at radius 3 is 2.46 bits per heavy atom. The van der Waals surface area contributed by atoms with Crippen LogP contribution in [-0.2, 0) is 16.0 Å². The number of benzene rings is 2. The van der Waals surface area contributed by atoms with Crippen LogP contribution in [0.4, 0.5) is 0 Å². The van der Waals surface area contributed by atoms with Crippen LogP contribution < -0.4 is 4.74 Å². The minimum absolute atomic E-state index is 0.208. The van der Waals surface area contributed by atoms with Crippen LogP contribution in [0.15, 0.2) is 48.5 Å². The van der Waals surface area contributed by atoms with Gasteiger partial charge in [0.1, 0.15) is 5.75 Å². The van der Waals surface area contributed by atoms with Crippen LogP contribution in [-0.4, -0.2) is 25.0 Å². The van der Waals surface area contributed by atoms with Crippen molar-refractivity contribution < 1.29 is 19.1 Å². The van der Waals surface area contributed by atoms with Gasteiger partial charge in [-0.05, 0) is 43.2 Å². The highest BCUT2D eigenvalue weighted by Crippen LogP contribution is 2.15. The van der Waals surface area contributed by atoms with E-state index in [0.29, 0.717) is 17.0 Å². The third-order valence-electron chi connectivity index (χ3n) is 3.56. The summed E-state index contributed by atoms with van der Waals surface area (Å²) in [4.78, 5) is 24.2. The zero-order chi connectivity index (χ0) is 17.5. The molecule has 0 aliphatic heterocycles. The molecule has 2 aromatic rings. The lowest BCUT2D eigenvalue weighted by atomic mass is 10.1. The number of hydrogen-bond acceptors (Lipinski definition) is 4. The summed E-state index contributed by atoms with van der Waals surface area (Å²) < 4.78 is 10.3. The minimum Gasteiger partial charge on any atom is -0.497 e. The molecule has 0 N–H and O–H groups in total. The molecule has 0 amide bonds. The van der Waals surface area contributed by atoms with E-state index in [1.54, 1.807) is 38.3 Å². The second-order valence-electron chi connectivity index (χ2n) is 5.35. The van der Waals surface area contributed by atoms with Gasteiger partial charge in [-0.15, -0.1) is 0 Å². The van der Waals surface area contributed by atoms with E-state index in [2.05, 4.69) is 0 Å². The SMILES string of the molecule is COc1ccc(CCC(=O)OC(C)C(=O)c2cccc(Cl)c2)cc1. The Hall–Kier alpha value is -2.33. The molecule has 1 unspecified atom stereocenters. The fourth-order valence-electron chi connectivity index (χ4n) is 2.22. The van der Waals surface area contributed by atoms with Crippen molar-refractivity contribution in [1.82, 2.24) is 0 Å². The van der Waals surface area contributed by atoms with Gasteiger partial charge >= 0.3 is 5.97 Å². The molecule has 0 spiro atoms. The van der Waals surface area contributed by atoms with Gasteiger partial charge in [-0.2, -0.15) is 0 Å². The molecule has 5 heteroatoms. The zero-order valence-electron chi connectivity index (χ0n) is 13.6. The van der Waals surface area contributed by atoms with E-state index in [1.165, 1.54) is 0 Å². The molecule has 0 fully saturated rings. The standard InChI is InChI=1S/C19H19ClO4/c1-13(19(22)15-4-3-5-16(20)12-15)24-18(21)11-8-14-6-9-17(23-2)10-7-14/h3-7,9-10,12-13H,8,11H2,1-2H3. The maximum absolute atomic E-state index is 12.2. The van der Waals surface area contributed by atoms with Crippen LogP contribution in [0.1, 0.15) is 29.3 Å². The van der Waals surface area contributed by atoms with Crippen molar-refractivity contribution >= 4 is 23.4 Å². The van der Waals surface area contributed by atoms with E-state index in [4.69, 9.17) is 21.1 Å². The molecule has 24 heavy (non-hydrogen) atoms. The Bertz CT molecular complexity index is 710. The van der Waals surface area contributed by atoms with Gasteiger partial charge in [-0.3, -0.25) is 9.59 Å². The number of carbonyl (C=O) groups is 2. The molecular weight excluding hydrogens is 328 g/mol. The minimum atomic E-state index is -0.841. The smallest absolute Gasteiger partial charge is 0.306 e. The van der Waals surface area contributed by atoms with Crippen molar-refractivity contribution in [2.45, 2.75) is 25.9 Å². The van der Waals surface area contributed by atoms with Crippen molar-refractivity contribution in [2.24, 2.45) is 0 Å². The van der Waals surface area contributed by atoms with Gasteiger partial charge in [-0.25, -0.2) is 0 Å². The Morgan fingerprint density at radius 1 is 1.12 bits per heavy atom. The fourth-order valence-corrected chi connectivity index (χ4v) is 2.41. The van der Waals surface area contributed by atoms with Gasteiger partial charge in [0, 0.05) is 17.0 Å². The first-order chi connectivity index (χ1) is 11.5. The van der Waals surface area contributed by atoms with E-state index in [1.807, 2.05) is 24.3 Å². The van der Waals surface area contributed by atoms with Crippen molar-refractivity contribution in [1.29, 1.82) is 0 Å². The first-order valence-corrected chi connectivity index (χ1v) is 7.99. The molecular formula is C19H19ClO4. The lowest BCUT2D eigenvalue weighted by Crippen LogP contribution is -2.24. The predicted octanol–water partition coefficient (Wildman–Crippen LogP) is 4.10. The number of esters is 1. The van der Waals surface area contributed by atoms with Gasteiger partial charge in [0.05, 0.1) is 7.11 Å². The lowest BCUT2D eigenvalue weighted by molar-refractivity contribution is -0.146. The molecule has 2 rings (SSSR count). The van der Waals surface area contributed by atoms with Gasteiger partial charge in [-0.1, -0.05) is 35.9 Å². The predicted molar refractivity (Wildman–Crippen MR) is 92.7 cm³/mol. The van der Waals surface area contributed by atoms with Crippen molar-refractivity contribution in [3.63, 3.8) is 0 Å². The molecule has 0 aliphatic rings. The first kappa shape index (κ1) is 18.0. The third-order valence-corrected chi connectivity index (χ3v) is 3.80.